The van der Waals surface area contributed by atoms with E-state index < -0.39 is 0 Å². The molecular formula is C17H18N4OS. The largest absolute Gasteiger partial charge is 0.338 e. The minimum absolute atomic E-state index is 0.119. The van der Waals surface area contributed by atoms with Gasteiger partial charge in [0.25, 0.3) is 5.91 Å². The maximum absolute atomic E-state index is 12.8. The monoisotopic (exact) mass is 326 g/mol. The van der Waals surface area contributed by atoms with E-state index in [9.17, 15) is 4.79 Å². The van der Waals surface area contributed by atoms with Gasteiger partial charge >= 0.3 is 0 Å². The van der Waals surface area contributed by atoms with Crippen molar-refractivity contribution in [2.75, 3.05) is 13.1 Å². The van der Waals surface area contributed by atoms with Gasteiger partial charge in [-0.25, -0.2) is 4.98 Å². The number of fused-ring (bicyclic) bond motifs is 1. The molecule has 6 heteroatoms. The number of benzene rings is 1. The van der Waals surface area contributed by atoms with Crippen LogP contribution >= 0.6 is 11.3 Å². The van der Waals surface area contributed by atoms with Gasteiger partial charge in [-0.2, -0.15) is 5.10 Å². The molecule has 118 valence electrons. The number of carbonyl (C=O) groups excluding carboxylic acids is 1. The Morgan fingerprint density at radius 1 is 1.39 bits per heavy atom. The number of hydrogen-bond donors (Lipinski definition) is 0. The Morgan fingerprint density at radius 3 is 3.13 bits per heavy atom. The highest BCUT2D eigenvalue weighted by molar-refractivity contribution is 7.16. The molecule has 0 unspecified atom stereocenters. The number of aryl methyl sites for hydroxylation is 1. The topological polar surface area (TPSA) is 51.0 Å². The number of hydrogen-bond acceptors (Lipinski definition) is 4. The van der Waals surface area contributed by atoms with Crippen molar-refractivity contribution >= 4 is 27.5 Å². The van der Waals surface area contributed by atoms with Crippen molar-refractivity contribution in [1.82, 2.24) is 19.7 Å². The van der Waals surface area contributed by atoms with E-state index in [2.05, 4.69) is 16.3 Å². The first kappa shape index (κ1) is 14.4. The minimum atomic E-state index is 0.119. The molecule has 1 amide bonds. The average Bonchev–Trinajstić information content (AvgIpc) is 3.22. The van der Waals surface area contributed by atoms with Crippen LogP contribution in [0.2, 0.25) is 0 Å². The number of carbonyl (C=O) groups is 1. The summed E-state index contributed by atoms with van der Waals surface area (Å²) in [7, 11) is 1.93. The molecule has 1 saturated heterocycles. The molecule has 0 spiro atoms. The fraction of sp³-hybridized carbons (Fsp3) is 0.353. The summed E-state index contributed by atoms with van der Waals surface area (Å²) in [6.07, 6.45) is 6.13. The summed E-state index contributed by atoms with van der Waals surface area (Å²) < 4.78 is 2.89. The van der Waals surface area contributed by atoms with Crippen molar-refractivity contribution in [2.45, 2.75) is 18.8 Å². The Kier molecular flexibility index (Phi) is 3.61. The van der Waals surface area contributed by atoms with Crippen LogP contribution in [-0.4, -0.2) is 38.7 Å². The lowest BCUT2D eigenvalue weighted by atomic mass is 9.92. The molecule has 0 saturated carbocycles. The highest BCUT2D eigenvalue weighted by Crippen LogP contribution is 2.28. The second-order valence-electron chi connectivity index (χ2n) is 6.07. The van der Waals surface area contributed by atoms with Crippen LogP contribution in [0.25, 0.3) is 10.2 Å². The lowest BCUT2D eigenvalue weighted by molar-refractivity contribution is 0.0707. The normalized spacial score (nSPS) is 18.5. The first-order valence-electron chi connectivity index (χ1n) is 7.82. The van der Waals surface area contributed by atoms with Crippen LogP contribution in [-0.2, 0) is 7.05 Å². The van der Waals surface area contributed by atoms with Crippen molar-refractivity contribution in [1.29, 1.82) is 0 Å². The van der Waals surface area contributed by atoms with E-state index in [0.717, 1.165) is 41.7 Å². The predicted molar refractivity (Wildman–Crippen MR) is 90.7 cm³/mol. The van der Waals surface area contributed by atoms with E-state index in [4.69, 9.17) is 0 Å². The fourth-order valence-corrected chi connectivity index (χ4v) is 3.97. The highest BCUT2D eigenvalue weighted by atomic mass is 32.1. The minimum Gasteiger partial charge on any atom is -0.338 e. The SMILES string of the molecule is Cn1cc([C@H]2CCCN(C(=O)c3ccc4ncsc4c3)C2)cn1. The van der Waals surface area contributed by atoms with Crippen molar-refractivity contribution in [3.8, 4) is 0 Å². The van der Waals surface area contributed by atoms with Crippen LogP contribution in [0.1, 0.15) is 34.7 Å². The zero-order chi connectivity index (χ0) is 15.8. The predicted octanol–water partition coefficient (Wildman–Crippen LogP) is 3.05. The van der Waals surface area contributed by atoms with E-state index in [0.29, 0.717) is 5.92 Å². The molecule has 1 aliphatic rings. The van der Waals surface area contributed by atoms with Crippen LogP contribution in [0.5, 0.6) is 0 Å². The fourth-order valence-electron chi connectivity index (χ4n) is 3.26. The van der Waals surface area contributed by atoms with Gasteiger partial charge in [-0.15, -0.1) is 11.3 Å². The summed E-state index contributed by atoms with van der Waals surface area (Å²) in [6, 6.07) is 5.78. The van der Waals surface area contributed by atoms with E-state index in [1.807, 2.05) is 46.5 Å². The molecule has 5 nitrogen and oxygen atoms in total. The maximum Gasteiger partial charge on any atom is 0.253 e. The van der Waals surface area contributed by atoms with Gasteiger partial charge in [0.1, 0.15) is 0 Å². The summed E-state index contributed by atoms with van der Waals surface area (Å²) >= 11 is 1.57. The summed E-state index contributed by atoms with van der Waals surface area (Å²) in [4.78, 5) is 19.1. The summed E-state index contributed by atoms with van der Waals surface area (Å²) in [6.45, 7) is 1.60. The Morgan fingerprint density at radius 2 is 2.30 bits per heavy atom. The van der Waals surface area contributed by atoms with Crippen molar-refractivity contribution < 1.29 is 4.79 Å². The first-order chi connectivity index (χ1) is 11.2. The molecule has 0 bridgehead atoms. The number of aromatic nitrogens is 3. The van der Waals surface area contributed by atoms with Crippen LogP contribution in [0.4, 0.5) is 0 Å². The molecule has 1 atom stereocenters. The Hall–Kier alpha value is -2.21. The van der Waals surface area contributed by atoms with Gasteiger partial charge in [-0.05, 0) is 36.6 Å². The zero-order valence-electron chi connectivity index (χ0n) is 13.0. The molecule has 3 aromatic rings. The van der Waals surface area contributed by atoms with Crippen molar-refractivity contribution in [3.63, 3.8) is 0 Å². The third-order valence-corrected chi connectivity index (χ3v) is 5.27. The van der Waals surface area contributed by atoms with Gasteiger partial charge in [0.05, 0.1) is 21.9 Å². The molecule has 1 aromatic carbocycles. The van der Waals surface area contributed by atoms with Crippen LogP contribution in [0.15, 0.2) is 36.1 Å². The first-order valence-corrected chi connectivity index (χ1v) is 8.70. The number of thiazole rings is 1. The van der Waals surface area contributed by atoms with Gasteiger partial charge in [0.2, 0.25) is 0 Å². The molecule has 1 aliphatic heterocycles. The number of rotatable bonds is 2. The Labute approximate surface area is 138 Å². The van der Waals surface area contributed by atoms with E-state index in [1.54, 1.807) is 11.3 Å². The number of amides is 1. The van der Waals surface area contributed by atoms with Gasteiger partial charge in [0.15, 0.2) is 0 Å². The van der Waals surface area contributed by atoms with Crippen molar-refractivity contribution in [2.24, 2.45) is 7.05 Å². The number of piperidine rings is 1. The lowest BCUT2D eigenvalue weighted by Crippen LogP contribution is -2.39. The summed E-state index contributed by atoms with van der Waals surface area (Å²) in [5.74, 6) is 0.502. The number of likely N-dealkylation sites (tertiary alicyclic amines) is 1. The number of nitrogens with zero attached hydrogens (tertiary/aromatic N) is 4. The smallest absolute Gasteiger partial charge is 0.253 e. The van der Waals surface area contributed by atoms with E-state index in [-0.39, 0.29) is 5.91 Å². The maximum atomic E-state index is 12.8. The lowest BCUT2D eigenvalue weighted by Gasteiger charge is -2.32. The average molecular weight is 326 g/mol. The molecule has 0 radical (unpaired) electrons. The highest BCUT2D eigenvalue weighted by Gasteiger charge is 2.26. The van der Waals surface area contributed by atoms with Gasteiger partial charge in [-0.3, -0.25) is 9.48 Å². The molecule has 2 aromatic heterocycles. The van der Waals surface area contributed by atoms with Crippen LogP contribution < -0.4 is 0 Å². The molecule has 0 N–H and O–H groups in total. The molecule has 23 heavy (non-hydrogen) atoms. The molecule has 3 heterocycles. The molecule has 4 rings (SSSR count). The zero-order valence-corrected chi connectivity index (χ0v) is 13.8. The molecule has 0 aliphatic carbocycles. The second kappa shape index (κ2) is 5.77. The Balaban J connectivity index is 1.55. The van der Waals surface area contributed by atoms with Gasteiger partial charge < -0.3 is 4.90 Å². The summed E-state index contributed by atoms with van der Waals surface area (Å²) in [5, 5.41) is 4.26. The second-order valence-corrected chi connectivity index (χ2v) is 6.96. The molecular weight excluding hydrogens is 308 g/mol. The van der Waals surface area contributed by atoms with E-state index >= 15 is 0 Å². The Bertz CT molecular complexity index is 853. The van der Waals surface area contributed by atoms with Crippen LogP contribution in [0, 0.1) is 0 Å². The molecule has 1 fully saturated rings. The quantitative estimate of drug-likeness (QED) is 0.727. The standard InChI is InChI=1S/C17H18N4OS/c1-20-9-14(8-19-20)13-3-2-6-21(10-13)17(22)12-4-5-15-16(7-12)23-11-18-15/h4-5,7-9,11,13H,2-3,6,10H2,1H3/t13-/m0/s1. The third kappa shape index (κ3) is 2.74. The third-order valence-electron chi connectivity index (χ3n) is 4.48. The van der Waals surface area contributed by atoms with E-state index in [1.165, 1.54) is 5.56 Å². The van der Waals surface area contributed by atoms with Gasteiger partial charge in [-0.1, -0.05) is 0 Å². The van der Waals surface area contributed by atoms with Crippen molar-refractivity contribution in [3.05, 3.63) is 47.2 Å². The van der Waals surface area contributed by atoms with Gasteiger partial charge in [0, 0.05) is 37.8 Å². The summed E-state index contributed by atoms with van der Waals surface area (Å²) in [5.41, 5.74) is 4.76. The van der Waals surface area contributed by atoms with Crippen LogP contribution in [0.3, 0.4) is 0 Å².